The number of allylic oxidation sites excluding steroid dienone is 1. The molecule has 1 N–H and O–H groups in total. The van der Waals surface area contributed by atoms with E-state index >= 15 is 0 Å². The molecule has 0 aliphatic carbocycles. The van der Waals surface area contributed by atoms with Crippen molar-refractivity contribution in [2.24, 2.45) is 0 Å². The summed E-state index contributed by atoms with van der Waals surface area (Å²) in [6.07, 6.45) is 3.31. The van der Waals surface area contributed by atoms with Crippen LogP contribution in [0.4, 0.5) is 0 Å². The Morgan fingerprint density at radius 1 is 1.17 bits per heavy atom. The highest BCUT2D eigenvalue weighted by molar-refractivity contribution is 7.12. The first kappa shape index (κ1) is 12.3. The highest BCUT2D eigenvalue weighted by Gasteiger charge is 2.08. The Bertz CT molecular complexity index is 559. The molecule has 0 atom stereocenters. The van der Waals surface area contributed by atoms with E-state index in [-0.39, 0.29) is 11.6 Å². The number of hydrogen-bond donors (Lipinski definition) is 1. The Hall–Kier alpha value is -2.20. The third-order valence-electron chi connectivity index (χ3n) is 2.21. The van der Waals surface area contributed by atoms with Crippen LogP contribution in [0.15, 0.2) is 53.5 Å². The summed E-state index contributed by atoms with van der Waals surface area (Å²) in [6.45, 7) is 0. The Labute approximate surface area is 109 Å². The first-order chi connectivity index (χ1) is 8.79. The lowest BCUT2D eigenvalue weighted by atomic mass is 10.2. The van der Waals surface area contributed by atoms with Gasteiger partial charge in [0.15, 0.2) is 0 Å². The molecule has 0 spiro atoms. The number of carbonyl (C=O) groups is 1. The van der Waals surface area contributed by atoms with Crippen LogP contribution in [0, 0.1) is 0 Å². The predicted molar refractivity (Wildman–Crippen MR) is 71.9 cm³/mol. The fourth-order valence-electron chi connectivity index (χ4n) is 1.40. The fraction of sp³-hybridized carbons (Fsp3) is 0. The van der Waals surface area contributed by atoms with E-state index in [1.54, 1.807) is 29.9 Å². The second-order valence-electron chi connectivity index (χ2n) is 3.50. The van der Waals surface area contributed by atoms with E-state index < -0.39 is 0 Å². The van der Waals surface area contributed by atoms with Gasteiger partial charge in [-0.2, -0.15) is 0 Å². The normalized spacial score (nSPS) is 11.0. The molecule has 1 aromatic heterocycles. The minimum Gasteiger partial charge on any atom is -0.318 e. The van der Waals surface area contributed by atoms with Gasteiger partial charge >= 0.3 is 0 Å². The molecule has 0 fully saturated rings. The zero-order valence-electron chi connectivity index (χ0n) is 9.42. The molecule has 1 heterocycles. The van der Waals surface area contributed by atoms with E-state index in [0.29, 0.717) is 4.88 Å². The molecule has 3 nitrogen and oxygen atoms in total. The molecule has 0 unspecified atom stereocenters. The lowest BCUT2D eigenvalue weighted by Crippen LogP contribution is -2.22. The van der Waals surface area contributed by atoms with Crippen molar-refractivity contribution < 1.29 is 9.59 Å². The summed E-state index contributed by atoms with van der Waals surface area (Å²) in [6, 6.07) is 12.8. The van der Waals surface area contributed by atoms with Crippen LogP contribution in [0.1, 0.15) is 15.2 Å². The SMILES string of the molecule is O=[C]C(=Cc1ccccc1)NC(=O)c1cccs1. The van der Waals surface area contributed by atoms with Crippen LogP contribution in [0.3, 0.4) is 0 Å². The van der Waals surface area contributed by atoms with Gasteiger partial charge in [-0.15, -0.1) is 11.3 Å². The van der Waals surface area contributed by atoms with Gasteiger partial charge in [0.05, 0.1) is 10.6 Å². The van der Waals surface area contributed by atoms with E-state index in [9.17, 15) is 9.59 Å². The van der Waals surface area contributed by atoms with E-state index in [1.165, 1.54) is 11.3 Å². The summed E-state index contributed by atoms with van der Waals surface area (Å²) < 4.78 is 0. The summed E-state index contributed by atoms with van der Waals surface area (Å²) in [7, 11) is 0. The molecule has 89 valence electrons. The van der Waals surface area contributed by atoms with Crippen LogP contribution >= 0.6 is 11.3 Å². The zero-order chi connectivity index (χ0) is 12.8. The molecule has 18 heavy (non-hydrogen) atoms. The lowest BCUT2D eigenvalue weighted by molar-refractivity contribution is 0.0972. The maximum absolute atomic E-state index is 11.7. The smallest absolute Gasteiger partial charge is 0.265 e. The number of thiophene rings is 1. The first-order valence-electron chi connectivity index (χ1n) is 5.29. The van der Waals surface area contributed by atoms with Crippen molar-refractivity contribution >= 4 is 29.6 Å². The van der Waals surface area contributed by atoms with Crippen LogP contribution in [-0.4, -0.2) is 12.2 Å². The highest BCUT2D eigenvalue weighted by atomic mass is 32.1. The molecule has 0 saturated heterocycles. The molecule has 0 saturated carbocycles. The van der Waals surface area contributed by atoms with Crippen molar-refractivity contribution in [2.45, 2.75) is 0 Å². The van der Waals surface area contributed by atoms with Crippen molar-refractivity contribution in [3.8, 4) is 0 Å². The van der Waals surface area contributed by atoms with Gasteiger partial charge in [0.25, 0.3) is 12.2 Å². The monoisotopic (exact) mass is 256 g/mol. The van der Waals surface area contributed by atoms with Crippen molar-refractivity contribution in [3.63, 3.8) is 0 Å². The average Bonchev–Trinajstić information content (AvgIpc) is 2.93. The van der Waals surface area contributed by atoms with E-state index in [2.05, 4.69) is 5.32 Å². The van der Waals surface area contributed by atoms with Gasteiger partial charge in [-0.3, -0.25) is 9.59 Å². The quantitative estimate of drug-likeness (QED) is 0.855. The summed E-state index contributed by atoms with van der Waals surface area (Å²) in [4.78, 5) is 23.1. The van der Waals surface area contributed by atoms with Crippen LogP contribution < -0.4 is 5.32 Å². The molecule has 0 aliphatic rings. The number of nitrogens with one attached hydrogen (secondary N) is 1. The summed E-state index contributed by atoms with van der Waals surface area (Å²) >= 11 is 1.32. The number of amides is 1. The summed E-state index contributed by atoms with van der Waals surface area (Å²) in [5.41, 5.74) is 0.960. The fourth-order valence-corrected chi connectivity index (χ4v) is 2.02. The molecule has 1 amide bonds. The van der Waals surface area contributed by atoms with Crippen molar-refractivity contribution in [3.05, 3.63) is 64.0 Å². The molecule has 0 bridgehead atoms. The third-order valence-corrected chi connectivity index (χ3v) is 3.08. The predicted octanol–water partition coefficient (Wildman–Crippen LogP) is 2.63. The van der Waals surface area contributed by atoms with Crippen molar-refractivity contribution in [2.75, 3.05) is 0 Å². The van der Waals surface area contributed by atoms with Gasteiger partial charge in [-0.1, -0.05) is 36.4 Å². The average molecular weight is 256 g/mol. The van der Waals surface area contributed by atoms with Crippen LogP contribution in [0.25, 0.3) is 6.08 Å². The minimum atomic E-state index is -0.296. The van der Waals surface area contributed by atoms with Crippen LogP contribution in [-0.2, 0) is 4.79 Å². The Morgan fingerprint density at radius 2 is 1.94 bits per heavy atom. The molecular formula is C14H10NO2S. The Balaban J connectivity index is 2.13. The molecule has 4 heteroatoms. The Kier molecular flexibility index (Phi) is 4.04. The van der Waals surface area contributed by atoms with Gasteiger partial charge in [0.2, 0.25) is 0 Å². The number of hydrogen-bond acceptors (Lipinski definition) is 3. The largest absolute Gasteiger partial charge is 0.318 e. The second-order valence-corrected chi connectivity index (χ2v) is 4.45. The second kappa shape index (κ2) is 5.93. The van der Waals surface area contributed by atoms with E-state index in [1.807, 2.05) is 30.3 Å². The summed E-state index contributed by atoms with van der Waals surface area (Å²) in [5.74, 6) is -0.296. The van der Waals surface area contributed by atoms with Gasteiger partial charge in [0.1, 0.15) is 0 Å². The standard InChI is InChI=1S/C14H10NO2S/c16-10-12(9-11-5-2-1-3-6-11)15-14(17)13-7-4-8-18-13/h1-9H,(H,15,17). The molecule has 1 aromatic carbocycles. The molecular weight excluding hydrogens is 246 g/mol. The van der Waals surface area contributed by atoms with Crippen LogP contribution in [0.5, 0.6) is 0 Å². The van der Waals surface area contributed by atoms with Gasteiger partial charge in [0, 0.05) is 0 Å². The van der Waals surface area contributed by atoms with Crippen molar-refractivity contribution in [1.29, 1.82) is 0 Å². The summed E-state index contributed by atoms with van der Waals surface area (Å²) in [5, 5.41) is 4.33. The topological polar surface area (TPSA) is 46.2 Å². The number of carbonyl (C=O) groups excluding carboxylic acids is 2. The highest BCUT2D eigenvalue weighted by Crippen LogP contribution is 2.09. The third kappa shape index (κ3) is 3.15. The van der Waals surface area contributed by atoms with E-state index in [4.69, 9.17) is 0 Å². The van der Waals surface area contributed by atoms with Crippen LogP contribution in [0.2, 0.25) is 0 Å². The minimum absolute atomic E-state index is 0.125. The lowest BCUT2D eigenvalue weighted by Gasteiger charge is -2.01. The van der Waals surface area contributed by atoms with Gasteiger partial charge in [-0.05, 0) is 23.1 Å². The van der Waals surface area contributed by atoms with E-state index in [0.717, 1.165) is 5.56 Å². The molecule has 2 aromatic rings. The first-order valence-corrected chi connectivity index (χ1v) is 6.17. The van der Waals surface area contributed by atoms with Gasteiger partial charge in [-0.25, -0.2) is 0 Å². The molecule has 1 radical (unpaired) electrons. The maximum Gasteiger partial charge on any atom is 0.265 e. The molecule has 0 aliphatic heterocycles. The molecule has 2 rings (SSSR count). The number of rotatable bonds is 4. The van der Waals surface area contributed by atoms with Gasteiger partial charge < -0.3 is 5.32 Å². The zero-order valence-corrected chi connectivity index (χ0v) is 10.2. The van der Waals surface area contributed by atoms with Crippen molar-refractivity contribution in [1.82, 2.24) is 5.32 Å². The Morgan fingerprint density at radius 3 is 2.56 bits per heavy atom. The number of benzene rings is 1. The maximum atomic E-state index is 11.7.